The number of benzene rings is 3. The van der Waals surface area contributed by atoms with Crippen molar-refractivity contribution in [1.82, 2.24) is 4.90 Å². The van der Waals surface area contributed by atoms with Crippen LogP contribution >= 0.6 is 24.0 Å². The summed E-state index contributed by atoms with van der Waals surface area (Å²) in [5.41, 5.74) is 2.91. The first kappa shape index (κ1) is 28.2. The second-order valence-corrected chi connectivity index (χ2v) is 10.6. The molecule has 0 bridgehead atoms. The number of carboxylic acids is 1. The van der Waals surface area contributed by atoms with Crippen molar-refractivity contribution in [2.75, 3.05) is 26.9 Å². The molecule has 1 fully saturated rings. The largest absolute Gasteiger partial charge is 0.496 e. The molecule has 3 aromatic rings. The van der Waals surface area contributed by atoms with Gasteiger partial charge < -0.3 is 19.3 Å². The Hall–Kier alpha value is -3.82. The lowest BCUT2D eigenvalue weighted by molar-refractivity contribution is -0.140. The SMILES string of the molecule is COc1ccccc1CCOc1cc(C=C2SC(=S)N(CC(=O)O)C2=O)ccc1OC[C@@H](C)c1ccccc1. The second-order valence-electron chi connectivity index (χ2n) is 8.90. The molecule has 1 atom stereocenters. The molecule has 0 unspecified atom stereocenters. The van der Waals surface area contributed by atoms with Crippen LogP contribution in [0.1, 0.15) is 29.5 Å². The Balaban J connectivity index is 1.54. The van der Waals surface area contributed by atoms with Crippen molar-refractivity contribution in [2.24, 2.45) is 0 Å². The number of amides is 1. The molecule has 3 aromatic carbocycles. The van der Waals surface area contributed by atoms with Gasteiger partial charge in [-0.15, -0.1) is 0 Å². The summed E-state index contributed by atoms with van der Waals surface area (Å²) in [5.74, 6) is 0.551. The smallest absolute Gasteiger partial charge is 0.323 e. The Morgan fingerprint density at radius 2 is 1.77 bits per heavy atom. The maximum atomic E-state index is 12.7. The van der Waals surface area contributed by atoms with E-state index in [1.54, 1.807) is 13.2 Å². The lowest BCUT2D eigenvalue weighted by Gasteiger charge is -2.17. The third-order valence-electron chi connectivity index (χ3n) is 6.11. The molecule has 39 heavy (non-hydrogen) atoms. The monoisotopic (exact) mass is 563 g/mol. The highest BCUT2D eigenvalue weighted by molar-refractivity contribution is 8.26. The highest BCUT2D eigenvalue weighted by Crippen LogP contribution is 2.35. The van der Waals surface area contributed by atoms with Crippen LogP contribution in [0.4, 0.5) is 0 Å². The fraction of sp³-hybridized carbons (Fsp3) is 0.233. The van der Waals surface area contributed by atoms with Gasteiger partial charge in [-0.1, -0.05) is 85.5 Å². The molecule has 1 aliphatic heterocycles. The van der Waals surface area contributed by atoms with E-state index < -0.39 is 18.4 Å². The van der Waals surface area contributed by atoms with Crippen LogP contribution in [0, 0.1) is 0 Å². The summed E-state index contributed by atoms with van der Waals surface area (Å²) in [6, 6.07) is 23.4. The van der Waals surface area contributed by atoms with Crippen LogP contribution in [0.5, 0.6) is 17.2 Å². The molecule has 0 radical (unpaired) electrons. The number of para-hydroxylation sites is 1. The third-order valence-corrected chi connectivity index (χ3v) is 7.49. The zero-order chi connectivity index (χ0) is 27.8. The van der Waals surface area contributed by atoms with Crippen molar-refractivity contribution in [2.45, 2.75) is 19.3 Å². The molecule has 9 heteroatoms. The Morgan fingerprint density at radius 1 is 1.03 bits per heavy atom. The summed E-state index contributed by atoms with van der Waals surface area (Å²) in [6.45, 7) is 2.48. The van der Waals surface area contributed by atoms with E-state index >= 15 is 0 Å². The third kappa shape index (κ3) is 7.40. The number of rotatable bonds is 12. The molecule has 7 nitrogen and oxygen atoms in total. The number of thiocarbonyl (C=S) groups is 1. The molecule has 1 N–H and O–H groups in total. The summed E-state index contributed by atoms with van der Waals surface area (Å²) in [4.78, 5) is 25.3. The minimum Gasteiger partial charge on any atom is -0.496 e. The van der Waals surface area contributed by atoms with Gasteiger partial charge in [0.2, 0.25) is 0 Å². The maximum Gasteiger partial charge on any atom is 0.323 e. The molecule has 0 saturated carbocycles. The van der Waals surface area contributed by atoms with Crippen LogP contribution in [-0.2, 0) is 16.0 Å². The summed E-state index contributed by atoms with van der Waals surface area (Å²) in [6.07, 6.45) is 2.31. The molecule has 1 aliphatic rings. The van der Waals surface area contributed by atoms with Gasteiger partial charge in [0.1, 0.15) is 16.6 Å². The Bertz CT molecular complexity index is 1370. The van der Waals surface area contributed by atoms with Gasteiger partial charge in [0.05, 0.1) is 25.2 Å². The molecule has 0 aromatic heterocycles. The highest BCUT2D eigenvalue weighted by atomic mass is 32.2. The van der Waals surface area contributed by atoms with Gasteiger partial charge in [-0.3, -0.25) is 14.5 Å². The molecule has 0 spiro atoms. The number of ether oxygens (including phenoxy) is 3. The van der Waals surface area contributed by atoms with Crippen LogP contribution in [0.25, 0.3) is 6.08 Å². The molecule has 0 aliphatic carbocycles. The normalized spacial score (nSPS) is 14.9. The fourth-order valence-electron chi connectivity index (χ4n) is 4.04. The number of aliphatic carboxylic acids is 1. The van der Waals surface area contributed by atoms with Crippen molar-refractivity contribution in [3.63, 3.8) is 0 Å². The first-order valence-corrected chi connectivity index (χ1v) is 13.6. The second kappa shape index (κ2) is 13.3. The van der Waals surface area contributed by atoms with Crippen molar-refractivity contribution in [1.29, 1.82) is 0 Å². The minimum absolute atomic E-state index is 0.170. The fourth-order valence-corrected chi connectivity index (χ4v) is 5.30. The van der Waals surface area contributed by atoms with Gasteiger partial charge in [-0.05, 0) is 41.0 Å². The highest BCUT2D eigenvalue weighted by Gasteiger charge is 2.33. The zero-order valence-electron chi connectivity index (χ0n) is 21.7. The van der Waals surface area contributed by atoms with Gasteiger partial charge in [0.15, 0.2) is 11.5 Å². The Morgan fingerprint density at radius 3 is 2.51 bits per heavy atom. The van der Waals surface area contributed by atoms with Crippen molar-refractivity contribution in [3.05, 3.63) is 94.4 Å². The van der Waals surface area contributed by atoms with E-state index in [2.05, 4.69) is 19.1 Å². The van der Waals surface area contributed by atoms with E-state index in [9.17, 15) is 9.59 Å². The van der Waals surface area contributed by atoms with Crippen LogP contribution in [0.3, 0.4) is 0 Å². The number of carbonyl (C=O) groups is 2. The number of hydrogen-bond donors (Lipinski definition) is 1. The zero-order valence-corrected chi connectivity index (χ0v) is 23.3. The van der Waals surface area contributed by atoms with Crippen molar-refractivity contribution >= 4 is 46.3 Å². The lowest BCUT2D eigenvalue weighted by atomic mass is 10.0. The molecule has 202 valence electrons. The number of thioether (sulfide) groups is 1. The van der Waals surface area contributed by atoms with Crippen LogP contribution in [0.15, 0.2) is 77.7 Å². The van der Waals surface area contributed by atoms with Gasteiger partial charge in [-0.2, -0.15) is 0 Å². The number of carboxylic acid groups (broad SMARTS) is 1. The van der Waals surface area contributed by atoms with Crippen LogP contribution in [0.2, 0.25) is 0 Å². The van der Waals surface area contributed by atoms with Gasteiger partial charge >= 0.3 is 5.97 Å². The van der Waals surface area contributed by atoms with E-state index in [4.69, 9.17) is 31.5 Å². The van der Waals surface area contributed by atoms with E-state index in [0.717, 1.165) is 28.0 Å². The average molecular weight is 564 g/mol. The molecular formula is C30H29NO6S2. The summed E-state index contributed by atoms with van der Waals surface area (Å²) < 4.78 is 18.0. The number of hydrogen-bond acceptors (Lipinski definition) is 7. The van der Waals surface area contributed by atoms with E-state index in [1.165, 1.54) is 5.56 Å². The summed E-state index contributed by atoms with van der Waals surface area (Å²) in [5, 5.41) is 9.09. The minimum atomic E-state index is -1.12. The predicted octanol–water partition coefficient (Wildman–Crippen LogP) is 5.79. The maximum absolute atomic E-state index is 12.7. The van der Waals surface area contributed by atoms with E-state index in [1.807, 2.05) is 60.7 Å². The average Bonchev–Trinajstić information content (AvgIpc) is 3.20. The topological polar surface area (TPSA) is 85.3 Å². The standard InChI is InChI=1S/C30H29NO6S2/c1-20(22-8-4-3-5-9-22)19-37-25-13-12-21(17-27-29(34)31(18-28(32)33)30(38)39-27)16-26(25)36-15-14-23-10-6-7-11-24(23)35-2/h3-13,16-17,20H,14-15,18-19H2,1-2H3,(H,32,33)/t20-/m1/s1. The van der Waals surface area contributed by atoms with Crippen LogP contribution in [-0.4, -0.2) is 53.1 Å². The molecule has 1 saturated heterocycles. The predicted molar refractivity (Wildman–Crippen MR) is 157 cm³/mol. The molecule has 1 heterocycles. The number of nitrogens with zero attached hydrogens (tertiary/aromatic N) is 1. The number of methoxy groups -OCH3 is 1. The molecular weight excluding hydrogens is 534 g/mol. The lowest BCUT2D eigenvalue weighted by Crippen LogP contribution is -2.33. The summed E-state index contributed by atoms with van der Waals surface area (Å²) >= 11 is 6.29. The first-order valence-electron chi connectivity index (χ1n) is 12.4. The molecule has 4 rings (SSSR count). The van der Waals surface area contributed by atoms with E-state index in [-0.39, 0.29) is 10.2 Å². The first-order chi connectivity index (χ1) is 18.9. The molecule has 1 amide bonds. The van der Waals surface area contributed by atoms with Gasteiger partial charge in [0.25, 0.3) is 5.91 Å². The Kier molecular flexibility index (Phi) is 9.62. The van der Waals surface area contributed by atoms with Crippen molar-refractivity contribution in [3.8, 4) is 17.2 Å². The summed E-state index contributed by atoms with van der Waals surface area (Å²) in [7, 11) is 1.64. The Labute approximate surface area is 237 Å². The van der Waals surface area contributed by atoms with E-state index in [0.29, 0.717) is 41.6 Å². The number of carbonyl (C=O) groups excluding carboxylic acids is 1. The van der Waals surface area contributed by atoms with Gasteiger partial charge in [-0.25, -0.2) is 0 Å². The van der Waals surface area contributed by atoms with Gasteiger partial charge in [0, 0.05) is 12.3 Å². The van der Waals surface area contributed by atoms with Crippen molar-refractivity contribution < 1.29 is 28.9 Å². The van der Waals surface area contributed by atoms with Crippen LogP contribution < -0.4 is 14.2 Å². The quantitative estimate of drug-likeness (QED) is 0.219.